The number of aromatic hydroxyl groups is 1. The highest BCUT2D eigenvalue weighted by atomic mass is 16.5. The number of hydrogen-bond acceptors (Lipinski definition) is 3. The van der Waals surface area contributed by atoms with Gasteiger partial charge in [-0.3, -0.25) is 0 Å². The molecule has 0 saturated heterocycles. The van der Waals surface area contributed by atoms with Crippen LogP contribution in [-0.2, 0) is 4.74 Å². The lowest BCUT2D eigenvalue weighted by Gasteiger charge is -2.21. The Morgan fingerprint density at radius 2 is 1.64 bits per heavy atom. The molecule has 3 heteroatoms. The third-order valence-corrected chi connectivity index (χ3v) is 4.53. The maximum absolute atomic E-state index is 9.46. The molecule has 2 atom stereocenters. The van der Waals surface area contributed by atoms with Crippen LogP contribution in [0.5, 0.6) is 11.5 Å². The Balaban J connectivity index is 1.93. The number of benzene rings is 2. The molecule has 134 valence electrons. The predicted molar refractivity (Wildman–Crippen MR) is 102 cm³/mol. The van der Waals surface area contributed by atoms with E-state index in [4.69, 9.17) is 9.47 Å². The number of phenols is 1. The normalized spacial score (nSPS) is 13.0. The molecular weight excluding hydrogens is 312 g/mol. The second-order valence-electron chi connectivity index (χ2n) is 6.29. The Morgan fingerprint density at radius 1 is 1.00 bits per heavy atom. The van der Waals surface area contributed by atoms with Gasteiger partial charge in [0.25, 0.3) is 0 Å². The van der Waals surface area contributed by atoms with Crippen molar-refractivity contribution < 1.29 is 14.6 Å². The third-order valence-electron chi connectivity index (χ3n) is 4.53. The van der Waals surface area contributed by atoms with Crippen LogP contribution in [0.1, 0.15) is 49.7 Å². The van der Waals surface area contributed by atoms with E-state index < -0.39 is 0 Å². The van der Waals surface area contributed by atoms with E-state index in [0.29, 0.717) is 30.8 Å². The first-order valence-electron chi connectivity index (χ1n) is 8.88. The fraction of sp³-hybridized carbons (Fsp3) is 0.364. The average molecular weight is 340 g/mol. The summed E-state index contributed by atoms with van der Waals surface area (Å²) in [5.41, 5.74) is 2.60. The van der Waals surface area contributed by atoms with Gasteiger partial charge in [0.15, 0.2) is 0 Å². The molecule has 0 spiro atoms. The van der Waals surface area contributed by atoms with E-state index in [-0.39, 0.29) is 0 Å². The van der Waals surface area contributed by atoms with Crippen LogP contribution in [0.4, 0.5) is 0 Å². The maximum atomic E-state index is 9.46. The predicted octanol–water partition coefficient (Wildman–Crippen LogP) is 5.62. The van der Waals surface area contributed by atoms with Crippen LogP contribution in [0.25, 0.3) is 0 Å². The van der Waals surface area contributed by atoms with Gasteiger partial charge < -0.3 is 14.6 Å². The van der Waals surface area contributed by atoms with Crippen molar-refractivity contribution in [3.05, 3.63) is 72.5 Å². The monoisotopic (exact) mass is 340 g/mol. The van der Waals surface area contributed by atoms with E-state index in [1.54, 1.807) is 12.1 Å². The average Bonchev–Trinajstić information content (AvgIpc) is 2.64. The first-order chi connectivity index (χ1) is 12.1. The first kappa shape index (κ1) is 18.9. The fourth-order valence-electron chi connectivity index (χ4n) is 3.03. The van der Waals surface area contributed by atoms with Crippen molar-refractivity contribution in [3.8, 4) is 11.5 Å². The van der Waals surface area contributed by atoms with Crippen molar-refractivity contribution in [1.82, 2.24) is 0 Å². The van der Waals surface area contributed by atoms with Crippen LogP contribution in [-0.4, -0.2) is 18.3 Å². The maximum Gasteiger partial charge on any atom is 0.122 e. The minimum absolute atomic E-state index is 0.320. The highest BCUT2D eigenvalue weighted by Crippen LogP contribution is 2.33. The summed E-state index contributed by atoms with van der Waals surface area (Å²) in [6.45, 7) is 9.00. The molecule has 0 saturated carbocycles. The summed E-state index contributed by atoms with van der Waals surface area (Å²) < 4.78 is 10.7. The Labute approximate surface area is 150 Å². The van der Waals surface area contributed by atoms with Crippen molar-refractivity contribution in [1.29, 1.82) is 0 Å². The van der Waals surface area contributed by atoms with Crippen molar-refractivity contribution in [2.45, 2.75) is 38.5 Å². The van der Waals surface area contributed by atoms with E-state index >= 15 is 0 Å². The summed E-state index contributed by atoms with van der Waals surface area (Å²) in [5, 5.41) is 9.46. The van der Waals surface area contributed by atoms with Crippen molar-refractivity contribution in [2.24, 2.45) is 0 Å². The minimum Gasteiger partial charge on any atom is -0.508 e. The fourth-order valence-corrected chi connectivity index (χ4v) is 3.03. The van der Waals surface area contributed by atoms with Crippen molar-refractivity contribution in [3.63, 3.8) is 0 Å². The summed E-state index contributed by atoms with van der Waals surface area (Å²) in [5.74, 6) is 2.12. The molecule has 3 nitrogen and oxygen atoms in total. The zero-order chi connectivity index (χ0) is 18.1. The van der Waals surface area contributed by atoms with Gasteiger partial charge in [0.2, 0.25) is 0 Å². The number of phenolic OH excluding ortho intramolecular Hbond substituents is 1. The van der Waals surface area contributed by atoms with Gasteiger partial charge in [-0.05, 0) is 60.1 Å². The SMILES string of the molecule is C=COCCOc1ccc(C(C)CC(CC)c2ccc(O)cc2)cc1. The van der Waals surface area contributed by atoms with Crippen LogP contribution in [0.2, 0.25) is 0 Å². The molecule has 0 fully saturated rings. The van der Waals surface area contributed by atoms with Gasteiger partial charge in [-0.2, -0.15) is 0 Å². The molecule has 0 radical (unpaired) electrons. The summed E-state index contributed by atoms with van der Waals surface area (Å²) in [6.07, 6.45) is 3.58. The lowest BCUT2D eigenvalue weighted by Crippen LogP contribution is -2.05. The second-order valence-corrected chi connectivity index (χ2v) is 6.29. The molecule has 0 aliphatic carbocycles. The Kier molecular flexibility index (Phi) is 7.39. The molecule has 2 aromatic carbocycles. The van der Waals surface area contributed by atoms with Gasteiger partial charge in [0.1, 0.15) is 24.7 Å². The van der Waals surface area contributed by atoms with Crippen LogP contribution in [0, 0.1) is 0 Å². The molecule has 0 aliphatic rings. The topological polar surface area (TPSA) is 38.7 Å². The van der Waals surface area contributed by atoms with E-state index in [9.17, 15) is 5.11 Å². The zero-order valence-corrected chi connectivity index (χ0v) is 15.2. The van der Waals surface area contributed by atoms with Gasteiger partial charge in [-0.15, -0.1) is 0 Å². The molecule has 25 heavy (non-hydrogen) atoms. The summed E-state index contributed by atoms with van der Waals surface area (Å²) in [6, 6.07) is 15.9. The van der Waals surface area contributed by atoms with Crippen LogP contribution in [0.15, 0.2) is 61.4 Å². The summed E-state index contributed by atoms with van der Waals surface area (Å²) in [7, 11) is 0. The zero-order valence-electron chi connectivity index (χ0n) is 15.2. The van der Waals surface area contributed by atoms with Crippen LogP contribution in [0.3, 0.4) is 0 Å². The lowest BCUT2D eigenvalue weighted by molar-refractivity contribution is 0.179. The van der Waals surface area contributed by atoms with Crippen molar-refractivity contribution in [2.75, 3.05) is 13.2 Å². The Morgan fingerprint density at radius 3 is 2.24 bits per heavy atom. The molecule has 0 aliphatic heterocycles. The van der Waals surface area contributed by atoms with E-state index in [1.807, 2.05) is 24.3 Å². The van der Waals surface area contributed by atoms with Gasteiger partial charge >= 0.3 is 0 Å². The smallest absolute Gasteiger partial charge is 0.122 e. The van der Waals surface area contributed by atoms with Crippen molar-refractivity contribution >= 4 is 0 Å². The van der Waals surface area contributed by atoms with E-state index in [2.05, 4.69) is 32.6 Å². The summed E-state index contributed by atoms with van der Waals surface area (Å²) in [4.78, 5) is 0. The highest BCUT2D eigenvalue weighted by Gasteiger charge is 2.15. The van der Waals surface area contributed by atoms with Crippen LogP contribution >= 0.6 is 0 Å². The second kappa shape index (κ2) is 9.77. The molecule has 2 rings (SSSR count). The lowest BCUT2D eigenvalue weighted by atomic mass is 9.84. The summed E-state index contributed by atoms with van der Waals surface area (Å²) >= 11 is 0. The first-order valence-corrected chi connectivity index (χ1v) is 8.88. The molecule has 0 aromatic heterocycles. The Hall–Kier alpha value is -2.42. The van der Waals surface area contributed by atoms with Gasteiger partial charge in [-0.1, -0.05) is 44.7 Å². The van der Waals surface area contributed by atoms with Gasteiger partial charge in [-0.25, -0.2) is 0 Å². The van der Waals surface area contributed by atoms with E-state index in [1.165, 1.54) is 17.4 Å². The number of hydrogen-bond donors (Lipinski definition) is 1. The number of ether oxygens (including phenoxy) is 2. The molecule has 0 heterocycles. The molecule has 1 N–H and O–H groups in total. The molecule has 2 aromatic rings. The van der Waals surface area contributed by atoms with Gasteiger partial charge in [0, 0.05) is 0 Å². The molecular formula is C22H28O3. The van der Waals surface area contributed by atoms with Crippen LogP contribution < -0.4 is 4.74 Å². The molecule has 0 bridgehead atoms. The Bertz CT molecular complexity index is 631. The quantitative estimate of drug-likeness (QED) is 0.451. The molecule has 0 amide bonds. The number of rotatable bonds is 10. The van der Waals surface area contributed by atoms with E-state index in [0.717, 1.165) is 18.6 Å². The largest absolute Gasteiger partial charge is 0.508 e. The molecule has 2 unspecified atom stereocenters. The standard InChI is InChI=1S/C22H28O3/c1-4-18(20-6-10-21(23)11-7-20)16-17(3)19-8-12-22(13-9-19)25-15-14-24-5-2/h5-13,17-18,23H,2,4,14-16H2,1,3H3. The third kappa shape index (κ3) is 5.86. The highest BCUT2D eigenvalue weighted by molar-refractivity contribution is 5.31. The van der Waals surface area contributed by atoms with Gasteiger partial charge in [0.05, 0.1) is 6.26 Å². The minimum atomic E-state index is 0.320.